The van der Waals surface area contributed by atoms with E-state index in [1.165, 1.54) is 5.56 Å². The third-order valence-corrected chi connectivity index (χ3v) is 3.41. The van der Waals surface area contributed by atoms with Gasteiger partial charge in [-0.25, -0.2) is 0 Å². The lowest BCUT2D eigenvalue weighted by Gasteiger charge is -2.14. The molecular formula is C17H19NOS. The average Bonchev–Trinajstić information content (AvgIpc) is 2.45. The maximum absolute atomic E-state index is 5.92. The average molecular weight is 285 g/mol. The van der Waals surface area contributed by atoms with Gasteiger partial charge in [0, 0.05) is 5.56 Å². The molecule has 0 atom stereocenters. The molecule has 2 rings (SSSR count). The van der Waals surface area contributed by atoms with Gasteiger partial charge in [-0.05, 0) is 23.1 Å². The summed E-state index contributed by atoms with van der Waals surface area (Å²) in [6.07, 6.45) is 0. The highest BCUT2D eigenvalue weighted by Gasteiger charge is 2.07. The third-order valence-electron chi connectivity index (χ3n) is 3.17. The lowest BCUT2D eigenvalue weighted by Crippen LogP contribution is -2.09. The summed E-state index contributed by atoms with van der Waals surface area (Å²) >= 11 is 4.94. The molecule has 0 amide bonds. The first kappa shape index (κ1) is 14.5. The van der Waals surface area contributed by atoms with Gasteiger partial charge in [0.05, 0.1) is 0 Å². The molecule has 0 aliphatic rings. The van der Waals surface area contributed by atoms with Gasteiger partial charge >= 0.3 is 0 Å². The van der Waals surface area contributed by atoms with Crippen LogP contribution in [-0.4, -0.2) is 4.99 Å². The molecule has 0 heterocycles. The van der Waals surface area contributed by atoms with Crippen molar-refractivity contribution in [2.45, 2.75) is 26.4 Å². The van der Waals surface area contributed by atoms with Crippen molar-refractivity contribution in [2.75, 3.05) is 0 Å². The van der Waals surface area contributed by atoms with Gasteiger partial charge in [-0.15, -0.1) is 0 Å². The highest BCUT2D eigenvalue weighted by atomic mass is 32.1. The Labute approximate surface area is 125 Å². The molecule has 0 saturated carbocycles. The Morgan fingerprint density at radius 3 is 2.35 bits per heavy atom. The number of para-hydroxylation sites is 1. The first-order valence-corrected chi connectivity index (χ1v) is 7.09. The van der Waals surface area contributed by atoms with Gasteiger partial charge in [-0.2, -0.15) is 0 Å². The maximum atomic E-state index is 5.92. The van der Waals surface area contributed by atoms with E-state index in [2.05, 4.69) is 19.9 Å². The first-order chi connectivity index (χ1) is 9.58. The molecule has 0 saturated heterocycles. The Bertz CT molecular complexity index is 590. The van der Waals surface area contributed by atoms with Gasteiger partial charge in [0.15, 0.2) is 0 Å². The maximum Gasteiger partial charge on any atom is 0.123 e. The van der Waals surface area contributed by atoms with Crippen LogP contribution in [0.1, 0.15) is 36.5 Å². The van der Waals surface area contributed by atoms with Gasteiger partial charge < -0.3 is 10.5 Å². The van der Waals surface area contributed by atoms with E-state index in [1.807, 2.05) is 42.5 Å². The molecule has 2 aromatic carbocycles. The van der Waals surface area contributed by atoms with Gasteiger partial charge in [0.2, 0.25) is 0 Å². The highest BCUT2D eigenvalue weighted by molar-refractivity contribution is 7.80. The van der Waals surface area contributed by atoms with Gasteiger partial charge in [-0.3, -0.25) is 0 Å². The quantitative estimate of drug-likeness (QED) is 0.843. The van der Waals surface area contributed by atoms with Crippen LogP contribution in [0.25, 0.3) is 0 Å². The Hall–Kier alpha value is -1.87. The summed E-state index contributed by atoms with van der Waals surface area (Å²) < 4.78 is 5.92. The van der Waals surface area contributed by atoms with Crippen LogP contribution in [0.2, 0.25) is 0 Å². The molecule has 0 bridgehead atoms. The zero-order chi connectivity index (χ0) is 14.5. The van der Waals surface area contributed by atoms with E-state index in [-0.39, 0.29) is 0 Å². The number of hydrogen-bond donors (Lipinski definition) is 1. The molecule has 2 nitrogen and oxygen atoms in total. The monoisotopic (exact) mass is 285 g/mol. The van der Waals surface area contributed by atoms with Crippen LogP contribution in [0.15, 0.2) is 48.5 Å². The number of rotatable bonds is 5. The fourth-order valence-corrected chi connectivity index (χ4v) is 2.15. The molecule has 104 valence electrons. The Morgan fingerprint density at radius 2 is 1.75 bits per heavy atom. The molecule has 0 unspecified atom stereocenters. The minimum absolute atomic E-state index is 0.419. The van der Waals surface area contributed by atoms with Crippen molar-refractivity contribution in [3.63, 3.8) is 0 Å². The summed E-state index contributed by atoms with van der Waals surface area (Å²) in [5.74, 6) is 1.39. The fraction of sp³-hybridized carbons (Fsp3) is 0.235. The van der Waals surface area contributed by atoms with Gasteiger partial charge in [0.25, 0.3) is 0 Å². The minimum atomic E-state index is 0.419. The van der Waals surface area contributed by atoms with Crippen molar-refractivity contribution < 1.29 is 4.74 Å². The molecule has 0 radical (unpaired) electrons. The predicted molar refractivity (Wildman–Crippen MR) is 87.2 cm³/mol. The number of hydrogen-bond acceptors (Lipinski definition) is 2. The van der Waals surface area contributed by atoms with Crippen LogP contribution in [0.5, 0.6) is 5.75 Å². The van der Waals surface area contributed by atoms with E-state index >= 15 is 0 Å². The molecule has 2 N–H and O–H groups in total. The van der Waals surface area contributed by atoms with Gasteiger partial charge in [-0.1, -0.05) is 68.5 Å². The normalized spacial score (nSPS) is 10.6. The Balaban J connectivity index is 2.07. The topological polar surface area (TPSA) is 35.2 Å². The number of thiocarbonyl (C=S) groups is 1. The van der Waals surface area contributed by atoms with E-state index in [4.69, 9.17) is 22.7 Å². The Morgan fingerprint density at radius 1 is 1.10 bits per heavy atom. The van der Waals surface area contributed by atoms with Crippen molar-refractivity contribution in [3.8, 4) is 5.75 Å². The molecular weight excluding hydrogens is 266 g/mol. The molecule has 20 heavy (non-hydrogen) atoms. The van der Waals surface area contributed by atoms with Crippen LogP contribution in [-0.2, 0) is 6.61 Å². The molecule has 0 aromatic heterocycles. The van der Waals surface area contributed by atoms with E-state index in [0.29, 0.717) is 17.5 Å². The first-order valence-electron chi connectivity index (χ1n) is 6.68. The van der Waals surface area contributed by atoms with E-state index < -0.39 is 0 Å². The van der Waals surface area contributed by atoms with Crippen LogP contribution >= 0.6 is 12.2 Å². The largest absolute Gasteiger partial charge is 0.489 e. The molecule has 0 spiro atoms. The van der Waals surface area contributed by atoms with Crippen molar-refractivity contribution in [1.82, 2.24) is 0 Å². The molecule has 0 aliphatic carbocycles. The highest BCUT2D eigenvalue weighted by Crippen LogP contribution is 2.26. The number of ether oxygens (including phenoxy) is 1. The van der Waals surface area contributed by atoms with Crippen molar-refractivity contribution in [3.05, 3.63) is 65.2 Å². The van der Waals surface area contributed by atoms with Crippen LogP contribution < -0.4 is 10.5 Å². The second kappa shape index (κ2) is 6.53. The van der Waals surface area contributed by atoms with Crippen molar-refractivity contribution in [1.29, 1.82) is 0 Å². The van der Waals surface area contributed by atoms with Gasteiger partial charge in [0.1, 0.15) is 17.3 Å². The zero-order valence-electron chi connectivity index (χ0n) is 11.8. The predicted octanol–water partition coefficient (Wildman–Crippen LogP) is 4.02. The summed E-state index contributed by atoms with van der Waals surface area (Å²) in [5, 5.41) is 0. The fourth-order valence-electron chi connectivity index (χ4n) is 2.02. The Kier molecular flexibility index (Phi) is 4.74. The summed E-state index contributed by atoms with van der Waals surface area (Å²) in [4.78, 5) is 0.419. The smallest absolute Gasteiger partial charge is 0.123 e. The minimum Gasteiger partial charge on any atom is -0.489 e. The van der Waals surface area contributed by atoms with Crippen LogP contribution in [0, 0.1) is 0 Å². The van der Waals surface area contributed by atoms with Crippen molar-refractivity contribution >= 4 is 17.2 Å². The lowest BCUT2D eigenvalue weighted by molar-refractivity contribution is 0.302. The lowest BCUT2D eigenvalue weighted by atomic mass is 10.0. The molecule has 3 heteroatoms. The summed E-state index contributed by atoms with van der Waals surface area (Å²) in [7, 11) is 0. The SMILES string of the molecule is CC(C)c1ccccc1OCc1ccc(C(N)=S)cc1. The standard InChI is InChI=1S/C17H19NOS/c1-12(2)15-5-3-4-6-16(15)19-11-13-7-9-14(10-8-13)17(18)20/h3-10,12H,11H2,1-2H3,(H2,18,20). The second-order valence-electron chi connectivity index (χ2n) is 5.04. The summed E-state index contributed by atoms with van der Waals surface area (Å²) in [6, 6.07) is 16.0. The van der Waals surface area contributed by atoms with E-state index in [9.17, 15) is 0 Å². The number of nitrogens with two attached hydrogens (primary N) is 1. The number of benzene rings is 2. The second-order valence-corrected chi connectivity index (χ2v) is 5.48. The third kappa shape index (κ3) is 3.58. The zero-order valence-corrected chi connectivity index (χ0v) is 12.6. The van der Waals surface area contributed by atoms with Crippen LogP contribution in [0.3, 0.4) is 0 Å². The van der Waals surface area contributed by atoms with Crippen LogP contribution in [0.4, 0.5) is 0 Å². The summed E-state index contributed by atoms with van der Waals surface area (Å²) in [6.45, 7) is 4.87. The molecule has 0 aliphatic heterocycles. The summed E-state index contributed by atoms with van der Waals surface area (Å²) in [5.41, 5.74) is 8.79. The molecule has 0 fully saturated rings. The molecule has 2 aromatic rings. The van der Waals surface area contributed by atoms with E-state index in [1.54, 1.807) is 0 Å². The van der Waals surface area contributed by atoms with Crippen molar-refractivity contribution in [2.24, 2.45) is 5.73 Å². The van der Waals surface area contributed by atoms with E-state index in [0.717, 1.165) is 16.9 Å².